The molecule has 1 N–H and O–H groups in total. The van der Waals surface area contributed by atoms with E-state index in [2.05, 4.69) is 20.3 Å². The van der Waals surface area contributed by atoms with Gasteiger partial charge in [-0.3, -0.25) is 0 Å². The number of nitrogens with one attached hydrogen (secondary N) is 1. The minimum Gasteiger partial charge on any atom is -0.461 e. The maximum Gasteiger partial charge on any atom is 0.322 e. The Morgan fingerprint density at radius 2 is 1.95 bits per heavy atom. The van der Waals surface area contributed by atoms with Crippen molar-refractivity contribution in [1.29, 1.82) is 0 Å². The first-order chi connectivity index (χ1) is 9.94. The summed E-state index contributed by atoms with van der Waals surface area (Å²) in [6.07, 6.45) is -0.0723. The van der Waals surface area contributed by atoms with E-state index in [1.54, 1.807) is 6.07 Å². The Bertz CT molecular complexity index is 624. The number of hydrogen-bond acceptors (Lipinski definition) is 5. The van der Waals surface area contributed by atoms with Crippen molar-refractivity contribution in [2.45, 2.75) is 32.9 Å². The Labute approximate surface area is 127 Å². The van der Waals surface area contributed by atoms with Gasteiger partial charge in [0.25, 0.3) is 0 Å². The summed E-state index contributed by atoms with van der Waals surface area (Å²) >= 11 is 5.85. The number of rotatable bonds is 5. The Balaban J connectivity index is 2.17. The Kier molecular flexibility index (Phi) is 4.90. The average Bonchev–Trinajstić information content (AvgIpc) is 2.37. The van der Waals surface area contributed by atoms with E-state index in [1.807, 2.05) is 26.8 Å². The molecule has 5 nitrogen and oxygen atoms in total. The van der Waals surface area contributed by atoms with Gasteiger partial charge in [-0.15, -0.1) is 0 Å². The Morgan fingerprint density at radius 1 is 1.19 bits per heavy atom. The normalized spacial score (nSPS) is 12.3. The molecule has 0 aliphatic heterocycles. The molecule has 0 spiro atoms. The highest BCUT2D eigenvalue weighted by Gasteiger charge is 2.12. The van der Waals surface area contributed by atoms with Crippen LogP contribution < -0.4 is 10.1 Å². The minimum atomic E-state index is -0.293. The molecule has 0 radical (unpaired) electrons. The van der Waals surface area contributed by atoms with Gasteiger partial charge >= 0.3 is 6.01 Å². The lowest BCUT2D eigenvalue weighted by Gasteiger charge is -2.15. The van der Waals surface area contributed by atoms with Crippen molar-refractivity contribution >= 4 is 17.5 Å². The van der Waals surface area contributed by atoms with Crippen LogP contribution in [-0.2, 0) is 0 Å². The maximum atomic E-state index is 13.2. The highest BCUT2D eigenvalue weighted by molar-refractivity contribution is 6.28. The first kappa shape index (κ1) is 15.4. The molecular weight excluding hydrogens is 295 g/mol. The third kappa shape index (κ3) is 4.53. The minimum absolute atomic E-state index is 0.0367. The molecule has 1 heterocycles. The molecule has 112 valence electrons. The van der Waals surface area contributed by atoms with Gasteiger partial charge in [-0.1, -0.05) is 12.1 Å². The summed E-state index contributed by atoms with van der Waals surface area (Å²) in [5.41, 5.74) is 0.776. The molecule has 1 atom stereocenters. The molecule has 1 aromatic carbocycles. The molecule has 1 aromatic heterocycles. The van der Waals surface area contributed by atoms with Crippen LogP contribution in [0.15, 0.2) is 24.3 Å². The predicted octanol–water partition coefficient (Wildman–Crippen LogP) is 3.62. The summed E-state index contributed by atoms with van der Waals surface area (Å²) in [6, 6.07) is 6.27. The van der Waals surface area contributed by atoms with Gasteiger partial charge in [0.05, 0.1) is 12.1 Å². The fraction of sp³-hybridized carbons (Fsp3) is 0.357. The molecule has 0 amide bonds. The molecule has 0 bridgehead atoms. The number of halogens is 2. The molecule has 2 rings (SSSR count). The zero-order valence-electron chi connectivity index (χ0n) is 12.0. The molecule has 0 fully saturated rings. The van der Waals surface area contributed by atoms with Crippen LogP contribution in [0.1, 0.15) is 32.4 Å². The van der Waals surface area contributed by atoms with Gasteiger partial charge in [0, 0.05) is 0 Å². The quantitative estimate of drug-likeness (QED) is 0.914. The zero-order chi connectivity index (χ0) is 15.4. The van der Waals surface area contributed by atoms with Gasteiger partial charge in [0.1, 0.15) is 5.82 Å². The predicted molar refractivity (Wildman–Crippen MR) is 79.0 cm³/mol. The van der Waals surface area contributed by atoms with Gasteiger partial charge in [-0.2, -0.15) is 15.0 Å². The third-order valence-electron chi connectivity index (χ3n) is 2.62. The number of hydrogen-bond donors (Lipinski definition) is 1. The van der Waals surface area contributed by atoms with Crippen LogP contribution in [-0.4, -0.2) is 21.1 Å². The van der Waals surface area contributed by atoms with Crippen molar-refractivity contribution in [3.63, 3.8) is 0 Å². The lowest BCUT2D eigenvalue weighted by molar-refractivity contribution is 0.222. The molecule has 0 aliphatic rings. The van der Waals surface area contributed by atoms with Crippen LogP contribution in [0.4, 0.5) is 10.3 Å². The van der Waals surface area contributed by atoms with E-state index in [9.17, 15) is 4.39 Å². The largest absolute Gasteiger partial charge is 0.461 e. The van der Waals surface area contributed by atoms with Gasteiger partial charge in [-0.05, 0) is 50.1 Å². The van der Waals surface area contributed by atoms with Gasteiger partial charge in [-0.25, -0.2) is 4.39 Å². The third-order valence-corrected chi connectivity index (χ3v) is 2.79. The molecular formula is C14H16ClFN4O. The number of nitrogens with zero attached hydrogens (tertiary/aromatic N) is 3. The SMILES string of the molecule is CC(C)Oc1nc(Cl)nc(NC(C)c2cccc(F)c2)n1. The first-order valence-corrected chi connectivity index (χ1v) is 6.92. The number of anilines is 1. The molecule has 1 unspecified atom stereocenters. The van der Waals surface area contributed by atoms with Gasteiger partial charge in [0.15, 0.2) is 0 Å². The standard InChI is InChI=1S/C14H16ClFN4O/c1-8(2)21-14-19-12(15)18-13(20-14)17-9(3)10-5-4-6-11(16)7-10/h4-9H,1-3H3,(H,17,18,19,20). The molecule has 2 aromatic rings. The Morgan fingerprint density at radius 3 is 2.62 bits per heavy atom. The second-order valence-corrected chi connectivity index (χ2v) is 5.14. The summed E-state index contributed by atoms with van der Waals surface area (Å²) in [5.74, 6) is -0.0129. The van der Waals surface area contributed by atoms with Crippen LogP contribution in [0.2, 0.25) is 5.28 Å². The van der Waals surface area contributed by atoms with Crippen LogP contribution >= 0.6 is 11.6 Å². The highest BCUT2D eigenvalue weighted by atomic mass is 35.5. The van der Waals surface area contributed by atoms with Crippen molar-refractivity contribution in [2.24, 2.45) is 0 Å². The van der Waals surface area contributed by atoms with Crippen molar-refractivity contribution in [2.75, 3.05) is 5.32 Å². The van der Waals surface area contributed by atoms with Crippen molar-refractivity contribution < 1.29 is 9.13 Å². The van der Waals surface area contributed by atoms with Crippen LogP contribution in [0.25, 0.3) is 0 Å². The van der Waals surface area contributed by atoms with E-state index in [4.69, 9.17) is 16.3 Å². The summed E-state index contributed by atoms with van der Waals surface area (Å²) in [4.78, 5) is 12.0. The van der Waals surface area contributed by atoms with E-state index in [0.717, 1.165) is 5.56 Å². The smallest absolute Gasteiger partial charge is 0.322 e. The molecule has 0 saturated heterocycles. The summed E-state index contributed by atoms with van der Waals surface area (Å²) in [7, 11) is 0. The summed E-state index contributed by atoms with van der Waals surface area (Å²) < 4.78 is 18.6. The Hall–Kier alpha value is -1.95. The van der Waals surface area contributed by atoms with Gasteiger partial charge in [0.2, 0.25) is 11.2 Å². The topological polar surface area (TPSA) is 59.9 Å². The van der Waals surface area contributed by atoms with Crippen molar-refractivity contribution in [3.05, 3.63) is 40.9 Å². The van der Waals surface area contributed by atoms with Crippen molar-refractivity contribution in [1.82, 2.24) is 15.0 Å². The molecule has 0 aliphatic carbocycles. The fourth-order valence-corrected chi connectivity index (χ4v) is 1.87. The van der Waals surface area contributed by atoms with Crippen LogP contribution in [0.5, 0.6) is 6.01 Å². The van der Waals surface area contributed by atoms with Crippen molar-refractivity contribution in [3.8, 4) is 6.01 Å². The average molecular weight is 311 g/mol. The van der Waals surface area contributed by atoms with E-state index in [-0.39, 0.29) is 35.2 Å². The zero-order valence-corrected chi connectivity index (χ0v) is 12.7. The van der Waals surface area contributed by atoms with Crippen LogP contribution in [0.3, 0.4) is 0 Å². The first-order valence-electron chi connectivity index (χ1n) is 6.54. The van der Waals surface area contributed by atoms with Gasteiger partial charge < -0.3 is 10.1 Å². The molecule has 7 heteroatoms. The van der Waals surface area contributed by atoms with Crippen LogP contribution in [0, 0.1) is 5.82 Å². The maximum absolute atomic E-state index is 13.2. The second-order valence-electron chi connectivity index (χ2n) is 4.80. The lowest BCUT2D eigenvalue weighted by Crippen LogP contribution is -2.13. The lowest BCUT2D eigenvalue weighted by atomic mass is 10.1. The number of aromatic nitrogens is 3. The monoisotopic (exact) mass is 310 g/mol. The van der Waals surface area contributed by atoms with E-state index in [1.165, 1.54) is 12.1 Å². The summed E-state index contributed by atoms with van der Waals surface area (Å²) in [5, 5.41) is 3.08. The molecule has 0 saturated carbocycles. The summed E-state index contributed by atoms with van der Waals surface area (Å²) in [6.45, 7) is 5.59. The highest BCUT2D eigenvalue weighted by Crippen LogP contribution is 2.20. The molecule has 21 heavy (non-hydrogen) atoms. The van der Waals surface area contributed by atoms with E-state index >= 15 is 0 Å². The van der Waals surface area contributed by atoms with E-state index < -0.39 is 0 Å². The second kappa shape index (κ2) is 6.67. The number of ether oxygens (including phenoxy) is 1. The fourth-order valence-electron chi connectivity index (χ4n) is 1.71. The number of benzene rings is 1. The van der Waals surface area contributed by atoms with E-state index in [0.29, 0.717) is 0 Å².